The quantitative estimate of drug-likeness (QED) is 0.0522. The largest absolute Gasteiger partial charge is 0.457 e. The molecule has 2 aromatic heterocycles. The standard InChI is InChI=1S/C40H70N3O5S/c1-2-3-4-5-6-7-8-9-10-11-12-13-14-15-16-23-35-47-37-39(48-40-41-28-27-29-42-40)38-49(44,45)36-26-19-25-34-46-33-24-18-22-32-43-30-20-17-21-31-43/h17,20-21,27-31,39H,2-16,18-19,22-26,32-38H2,1H3/q+1. The predicted octanol–water partition coefficient (Wildman–Crippen LogP) is 9.26. The van der Waals surface area contributed by atoms with Gasteiger partial charge in [0.15, 0.2) is 22.2 Å². The third-order valence-corrected chi connectivity index (χ3v) is 10.7. The van der Waals surface area contributed by atoms with E-state index in [0.29, 0.717) is 19.6 Å². The highest BCUT2D eigenvalue weighted by Gasteiger charge is 2.22. The van der Waals surface area contributed by atoms with Crippen molar-refractivity contribution in [1.82, 2.24) is 9.97 Å². The lowest BCUT2D eigenvalue weighted by atomic mass is 10.0. The Balaban J connectivity index is 1.48. The van der Waals surface area contributed by atoms with Gasteiger partial charge in [0, 0.05) is 50.8 Å². The smallest absolute Gasteiger partial charge is 0.316 e. The highest BCUT2D eigenvalue weighted by Crippen LogP contribution is 2.14. The van der Waals surface area contributed by atoms with Crippen LogP contribution in [0.2, 0.25) is 0 Å². The van der Waals surface area contributed by atoms with Gasteiger partial charge in [-0.05, 0) is 38.2 Å². The molecule has 0 saturated carbocycles. The first-order valence-corrected chi connectivity index (χ1v) is 21.6. The second-order valence-electron chi connectivity index (χ2n) is 13.6. The molecule has 0 fully saturated rings. The molecule has 0 aromatic carbocycles. The Morgan fingerprint density at radius 1 is 0.592 bits per heavy atom. The van der Waals surface area contributed by atoms with Crippen molar-refractivity contribution >= 4 is 9.84 Å². The molecule has 8 nitrogen and oxygen atoms in total. The normalized spacial score (nSPS) is 12.3. The number of sulfone groups is 1. The van der Waals surface area contributed by atoms with Gasteiger partial charge in [-0.1, -0.05) is 116 Å². The van der Waals surface area contributed by atoms with Crippen LogP contribution in [0.1, 0.15) is 148 Å². The van der Waals surface area contributed by atoms with Gasteiger partial charge in [0.1, 0.15) is 12.6 Å². The zero-order valence-corrected chi connectivity index (χ0v) is 31.8. The van der Waals surface area contributed by atoms with Crippen LogP contribution < -0.4 is 9.30 Å². The van der Waals surface area contributed by atoms with Crippen molar-refractivity contribution in [3.8, 4) is 6.01 Å². The van der Waals surface area contributed by atoms with Crippen LogP contribution in [0.4, 0.5) is 0 Å². The average molecular weight is 705 g/mol. The summed E-state index contributed by atoms with van der Waals surface area (Å²) in [5, 5.41) is 0. The van der Waals surface area contributed by atoms with Gasteiger partial charge in [0.25, 0.3) is 0 Å². The third kappa shape index (κ3) is 26.4. The van der Waals surface area contributed by atoms with Crippen molar-refractivity contribution in [1.29, 1.82) is 0 Å². The van der Waals surface area contributed by atoms with Crippen LogP contribution in [0.15, 0.2) is 49.1 Å². The molecule has 0 aliphatic carbocycles. The molecule has 2 rings (SSSR count). The summed E-state index contributed by atoms with van der Waals surface area (Å²) >= 11 is 0. The van der Waals surface area contributed by atoms with Crippen LogP contribution in [-0.2, 0) is 25.9 Å². The van der Waals surface area contributed by atoms with Gasteiger partial charge in [0.05, 0.1) is 18.1 Å². The number of hydrogen-bond donors (Lipinski definition) is 0. The van der Waals surface area contributed by atoms with Crippen molar-refractivity contribution in [3.63, 3.8) is 0 Å². The van der Waals surface area contributed by atoms with E-state index in [4.69, 9.17) is 14.2 Å². The Morgan fingerprint density at radius 2 is 1.08 bits per heavy atom. The van der Waals surface area contributed by atoms with E-state index in [9.17, 15) is 8.42 Å². The Labute approximate surface area is 300 Å². The molecule has 2 heterocycles. The van der Waals surface area contributed by atoms with Crippen molar-refractivity contribution < 1.29 is 27.2 Å². The number of aryl methyl sites for hydroxylation is 1. The van der Waals surface area contributed by atoms with E-state index in [-0.39, 0.29) is 24.1 Å². The second-order valence-corrected chi connectivity index (χ2v) is 15.8. The fourth-order valence-electron chi connectivity index (χ4n) is 6.01. The third-order valence-electron chi connectivity index (χ3n) is 8.93. The molecule has 1 atom stereocenters. The lowest BCUT2D eigenvalue weighted by Gasteiger charge is -2.18. The molecule has 0 aliphatic heterocycles. The molecule has 9 heteroatoms. The fourth-order valence-corrected chi connectivity index (χ4v) is 7.55. The minimum Gasteiger partial charge on any atom is -0.457 e. The van der Waals surface area contributed by atoms with Crippen molar-refractivity contribution in [2.75, 3.05) is 37.9 Å². The second kappa shape index (κ2) is 30.7. The van der Waals surface area contributed by atoms with E-state index in [1.165, 1.54) is 89.9 Å². The molecule has 1 unspecified atom stereocenters. The van der Waals surface area contributed by atoms with Gasteiger partial charge >= 0.3 is 6.01 Å². The van der Waals surface area contributed by atoms with E-state index < -0.39 is 15.9 Å². The minimum atomic E-state index is -3.31. The lowest BCUT2D eigenvalue weighted by Crippen LogP contribution is -2.33. The zero-order chi connectivity index (χ0) is 34.9. The van der Waals surface area contributed by atoms with Crippen LogP contribution in [0.5, 0.6) is 6.01 Å². The molecule has 0 spiro atoms. The Kier molecular flexibility index (Phi) is 27.0. The highest BCUT2D eigenvalue weighted by atomic mass is 32.2. The molecule has 280 valence electrons. The molecule has 0 aliphatic rings. The molecule has 0 saturated heterocycles. The first-order valence-electron chi connectivity index (χ1n) is 19.8. The van der Waals surface area contributed by atoms with Gasteiger partial charge in [-0.3, -0.25) is 0 Å². The number of aromatic nitrogens is 3. The summed E-state index contributed by atoms with van der Waals surface area (Å²) in [6.07, 6.45) is 33.7. The van der Waals surface area contributed by atoms with Crippen molar-refractivity contribution in [2.45, 2.75) is 161 Å². The fraction of sp³-hybridized carbons (Fsp3) is 0.775. The maximum atomic E-state index is 13.0. The van der Waals surface area contributed by atoms with Gasteiger partial charge in [0.2, 0.25) is 0 Å². The monoisotopic (exact) mass is 705 g/mol. The van der Waals surface area contributed by atoms with Crippen LogP contribution >= 0.6 is 0 Å². The van der Waals surface area contributed by atoms with Gasteiger partial charge < -0.3 is 14.2 Å². The molecule has 0 radical (unpaired) electrons. The van der Waals surface area contributed by atoms with E-state index in [2.05, 4.69) is 46.0 Å². The average Bonchev–Trinajstić information content (AvgIpc) is 3.10. The minimum absolute atomic E-state index is 0.0953. The Morgan fingerprint density at radius 3 is 1.65 bits per heavy atom. The first-order chi connectivity index (χ1) is 24.1. The van der Waals surface area contributed by atoms with E-state index >= 15 is 0 Å². The molecular formula is C40H70N3O5S+. The summed E-state index contributed by atoms with van der Waals surface area (Å²) in [7, 11) is -3.31. The number of hydrogen-bond acceptors (Lipinski definition) is 7. The lowest BCUT2D eigenvalue weighted by molar-refractivity contribution is -0.697. The summed E-state index contributed by atoms with van der Waals surface area (Å²) < 4.78 is 45.6. The molecule has 0 amide bonds. The number of unbranched alkanes of at least 4 members (excludes halogenated alkanes) is 19. The summed E-state index contributed by atoms with van der Waals surface area (Å²) in [6, 6.07) is 8.03. The van der Waals surface area contributed by atoms with Crippen molar-refractivity contribution in [3.05, 3.63) is 49.1 Å². The number of pyridine rings is 1. The number of rotatable bonds is 35. The summed E-state index contributed by atoms with van der Waals surface area (Å²) in [4.78, 5) is 8.24. The van der Waals surface area contributed by atoms with E-state index in [1.54, 1.807) is 18.5 Å². The summed E-state index contributed by atoms with van der Waals surface area (Å²) in [5.74, 6) is 0.0424. The zero-order valence-electron chi connectivity index (χ0n) is 31.0. The van der Waals surface area contributed by atoms with Gasteiger partial charge in [-0.25, -0.2) is 23.0 Å². The van der Waals surface area contributed by atoms with Gasteiger partial charge in [-0.2, -0.15) is 0 Å². The maximum Gasteiger partial charge on any atom is 0.316 e. The summed E-state index contributed by atoms with van der Waals surface area (Å²) in [6.45, 7) is 5.58. The molecular weight excluding hydrogens is 635 g/mol. The topological polar surface area (TPSA) is 91.5 Å². The predicted molar refractivity (Wildman–Crippen MR) is 201 cm³/mol. The molecule has 0 N–H and O–H groups in total. The van der Waals surface area contributed by atoms with Gasteiger partial charge in [-0.15, -0.1) is 0 Å². The molecule has 0 bridgehead atoms. The van der Waals surface area contributed by atoms with E-state index in [0.717, 1.165) is 58.1 Å². The van der Waals surface area contributed by atoms with Crippen LogP contribution in [0, 0.1) is 0 Å². The molecule has 2 aromatic rings. The Hall–Kier alpha value is -2.10. The number of ether oxygens (including phenoxy) is 3. The number of nitrogens with zero attached hydrogens (tertiary/aromatic N) is 3. The molecule has 49 heavy (non-hydrogen) atoms. The van der Waals surface area contributed by atoms with Crippen molar-refractivity contribution in [2.24, 2.45) is 0 Å². The maximum absolute atomic E-state index is 13.0. The Bertz CT molecular complexity index is 1090. The summed E-state index contributed by atoms with van der Waals surface area (Å²) in [5.41, 5.74) is 0. The van der Waals surface area contributed by atoms with Crippen LogP contribution in [0.3, 0.4) is 0 Å². The SMILES string of the molecule is CCCCCCCCCCCCCCCCCCOCC(CS(=O)(=O)CCCCCOCCCCC[n+]1ccccc1)Oc1ncccn1. The van der Waals surface area contributed by atoms with E-state index in [1.807, 2.05) is 6.07 Å². The van der Waals surface area contributed by atoms with Crippen LogP contribution in [-0.4, -0.2) is 62.4 Å². The van der Waals surface area contributed by atoms with Crippen LogP contribution in [0.25, 0.3) is 0 Å². The highest BCUT2D eigenvalue weighted by molar-refractivity contribution is 7.91. The first kappa shape index (κ1) is 43.1.